The average Bonchev–Trinajstić information content (AvgIpc) is 3.32. The van der Waals surface area contributed by atoms with Crippen molar-refractivity contribution < 1.29 is 37.3 Å². The number of carbonyl (C=O) groups excluding carboxylic acids is 2. The lowest BCUT2D eigenvalue weighted by atomic mass is 10.0. The molecule has 0 aromatic heterocycles. The van der Waals surface area contributed by atoms with Crippen LogP contribution in [0.4, 0.5) is 0 Å². The number of esters is 1. The normalized spacial score (nSPS) is 14.1. The van der Waals surface area contributed by atoms with Gasteiger partial charge in [0.15, 0.2) is 0 Å². The van der Waals surface area contributed by atoms with Crippen LogP contribution in [0.2, 0.25) is 0 Å². The summed E-state index contributed by atoms with van der Waals surface area (Å²) in [5.41, 5.74) is 0. The van der Waals surface area contributed by atoms with Gasteiger partial charge in [-0.3, -0.25) is 18.6 Å². The number of amides is 1. The van der Waals surface area contributed by atoms with E-state index in [1.807, 2.05) is 33.3 Å². The summed E-state index contributed by atoms with van der Waals surface area (Å²) in [5.74, 6) is -0.508. The molecule has 1 amide bonds. The number of quaternary nitrogens is 1. The Hall–Kier alpha value is -2.03. The zero-order valence-corrected chi connectivity index (χ0v) is 47.7. The number of nitrogens with one attached hydrogen (secondary N) is 1. The lowest BCUT2D eigenvalue weighted by Gasteiger charge is -2.27. The van der Waals surface area contributed by atoms with Gasteiger partial charge >= 0.3 is 13.8 Å². The van der Waals surface area contributed by atoms with Crippen LogP contribution in [0, 0.1) is 0 Å². The van der Waals surface area contributed by atoms with Gasteiger partial charge in [0, 0.05) is 12.8 Å². The molecular weight excluding hydrogens is 892 g/mol. The molecular formula is C60H114N2O7P+. The van der Waals surface area contributed by atoms with E-state index in [-0.39, 0.29) is 31.5 Å². The minimum absolute atomic E-state index is 0.0399. The second kappa shape index (κ2) is 50.5. The van der Waals surface area contributed by atoms with E-state index < -0.39 is 20.0 Å². The number of likely N-dealkylation sites (N-methyl/N-ethyl adjacent to an activating group) is 1. The van der Waals surface area contributed by atoms with E-state index in [0.29, 0.717) is 17.4 Å². The molecule has 0 aromatic rings. The zero-order chi connectivity index (χ0) is 51.5. The van der Waals surface area contributed by atoms with Crippen LogP contribution < -0.4 is 5.32 Å². The van der Waals surface area contributed by atoms with Crippen LogP contribution in [-0.4, -0.2) is 74.3 Å². The first kappa shape index (κ1) is 68.0. The molecule has 0 aliphatic rings. The number of hydrogen-bond acceptors (Lipinski definition) is 6. The van der Waals surface area contributed by atoms with Crippen molar-refractivity contribution in [3.8, 4) is 0 Å². The molecule has 70 heavy (non-hydrogen) atoms. The maximum absolute atomic E-state index is 13.5. The van der Waals surface area contributed by atoms with Gasteiger partial charge in [0.2, 0.25) is 5.91 Å². The van der Waals surface area contributed by atoms with Crippen LogP contribution in [0.3, 0.4) is 0 Å². The van der Waals surface area contributed by atoms with Crippen LogP contribution >= 0.6 is 7.82 Å². The molecule has 2 N–H and O–H groups in total. The highest BCUT2D eigenvalue weighted by atomic mass is 31.2. The Labute approximate surface area is 433 Å². The number of allylic oxidation sites excluding steroid dienone is 7. The van der Waals surface area contributed by atoms with E-state index in [1.165, 1.54) is 154 Å². The third kappa shape index (κ3) is 50.9. The van der Waals surface area contributed by atoms with Crippen molar-refractivity contribution in [1.82, 2.24) is 5.32 Å². The predicted molar refractivity (Wildman–Crippen MR) is 300 cm³/mol. The first-order valence-electron chi connectivity index (χ1n) is 29.5. The van der Waals surface area contributed by atoms with Crippen LogP contribution in [0.25, 0.3) is 0 Å². The van der Waals surface area contributed by atoms with E-state index in [9.17, 15) is 19.0 Å². The van der Waals surface area contributed by atoms with E-state index in [2.05, 4.69) is 62.5 Å². The van der Waals surface area contributed by atoms with Crippen molar-refractivity contribution in [1.29, 1.82) is 0 Å². The van der Waals surface area contributed by atoms with E-state index >= 15 is 0 Å². The summed E-state index contributed by atoms with van der Waals surface area (Å²) in [6.45, 7) is 6.98. The van der Waals surface area contributed by atoms with Crippen LogP contribution in [-0.2, 0) is 27.9 Å². The van der Waals surface area contributed by atoms with Gasteiger partial charge in [0.1, 0.15) is 19.3 Å². The van der Waals surface area contributed by atoms with Gasteiger partial charge in [0.25, 0.3) is 0 Å². The van der Waals surface area contributed by atoms with Crippen molar-refractivity contribution in [2.75, 3.05) is 40.9 Å². The van der Waals surface area contributed by atoms with Gasteiger partial charge in [-0.25, -0.2) is 4.57 Å². The zero-order valence-electron chi connectivity index (χ0n) is 46.8. The molecule has 410 valence electrons. The van der Waals surface area contributed by atoms with Gasteiger partial charge in [0.05, 0.1) is 33.8 Å². The van der Waals surface area contributed by atoms with Crippen LogP contribution in [0.15, 0.2) is 48.6 Å². The molecule has 3 atom stereocenters. The smallest absolute Gasteiger partial charge is 0.456 e. The molecule has 0 bridgehead atoms. The summed E-state index contributed by atoms with van der Waals surface area (Å²) < 4.78 is 30.6. The minimum atomic E-state index is -4.44. The van der Waals surface area contributed by atoms with E-state index in [0.717, 1.165) is 83.5 Å². The Bertz CT molecular complexity index is 1340. The molecule has 0 spiro atoms. The Balaban J connectivity index is 5.24. The maximum atomic E-state index is 13.5. The van der Waals surface area contributed by atoms with Crippen molar-refractivity contribution >= 4 is 19.7 Å². The highest BCUT2D eigenvalue weighted by Gasteiger charge is 2.30. The molecule has 0 aliphatic carbocycles. The second-order valence-corrected chi connectivity index (χ2v) is 22.6. The molecule has 0 radical (unpaired) electrons. The number of phosphoric ester groups is 1. The Morgan fingerprint density at radius 3 is 1.33 bits per heavy atom. The Kier molecular flexibility index (Phi) is 49.0. The SMILES string of the molecule is CCCCC/C=C\C/C=C\C/C=C\CCCCCCCCCCC(=O)OC(/C=C/CCCCCCCCCCCC)C(COP(=O)(O)OCC[N+](C)(C)C)NC(=O)CCCCCCCCCCCCC. The monoisotopic (exact) mass is 1010 g/mol. The fourth-order valence-corrected chi connectivity index (χ4v) is 9.15. The molecule has 0 aromatic carbocycles. The third-order valence-electron chi connectivity index (χ3n) is 13.0. The first-order chi connectivity index (χ1) is 33.9. The molecule has 0 heterocycles. The van der Waals surface area contributed by atoms with Gasteiger partial charge < -0.3 is 19.4 Å². The summed E-state index contributed by atoms with van der Waals surface area (Å²) in [6, 6.07) is -0.847. The van der Waals surface area contributed by atoms with Crippen molar-refractivity contribution in [2.45, 2.75) is 283 Å². The fourth-order valence-electron chi connectivity index (χ4n) is 8.42. The number of hydrogen-bond donors (Lipinski definition) is 2. The quantitative estimate of drug-likeness (QED) is 0.0205. The van der Waals surface area contributed by atoms with Crippen LogP contribution in [0.5, 0.6) is 0 Å². The third-order valence-corrected chi connectivity index (χ3v) is 14.0. The Morgan fingerprint density at radius 1 is 0.500 bits per heavy atom. The second-order valence-electron chi connectivity index (χ2n) is 21.2. The fraction of sp³-hybridized carbons (Fsp3) is 0.833. The van der Waals surface area contributed by atoms with Gasteiger partial charge in [-0.1, -0.05) is 237 Å². The lowest BCUT2D eigenvalue weighted by molar-refractivity contribution is -0.870. The molecule has 0 saturated carbocycles. The van der Waals surface area contributed by atoms with Gasteiger partial charge in [-0.05, 0) is 70.3 Å². The summed E-state index contributed by atoms with van der Waals surface area (Å²) >= 11 is 0. The standard InChI is InChI=1S/C60H113N2O7P/c1-7-10-13-16-19-22-25-27-28-29-30-31-32-33-34-35-38-41-44-47-50-53-60(64)69-58(51-48-45-42-39-37-26-23-20-17-14-11-8-2)57(56-68-70(65,66)67-55-54-62(4,5)6)61-59(63)52-49-46-43-40-36-24-21-18-15-12-9-3/h19,22,27-28,30-31,48,51,57-58H,7-18,20-21,23-26,29,32-47,49-50,52-56H2,1-6H3,(H-,61,63,65,66)/p+1/b22-19-,28-27-,31-30-,51-48+. The van der Waals surface area contributed by atoms with Crippen LogP contribution in [0.1, 0.15) is 271 Å². The molecule has 0 aliphatic heterocycles. The topological polar surface area (TPSA) is 111 Å². The summed E-state index contributed by atoms with van der Waals surface area (Å²) in [7, 11) is 1.50. The summed E-state index contributed by atoms with van der Waals surface area (Å²) in [4.78, 5) is 37.5. The summed E-state index contributed by atoms with van der Waals surface area (Å²) in [5, 5.41) is 3.04. The number of rotatable bonds is 53. The number of nitrogens with zero attached hydrogens (tertiary/aromatic N) is 1. The molecule has 10 heteroatoms. The minimum Gasteiger partial charge on any atom is -0.456 e. The van der Waals surface area contributed by atoms with Gasteiger partial charge in [-0.15, -0.1) is 0 Å². The first-order valence-corrected chi connectivity index (χ1v) is 31.0. The molecule has 3 unspecified atom stereocenters. The molecule has 0 fully saturated rings. The van der Waals surface area contributed by atoms with Crippen molar-refractivity contribution in [3.05, 3.63) is 48.6 Å². The average molecular weight is 1010 g/mol. The Morgan fingerprint density at radius 2 is 0.871 bits per heavy atom. The molecule has 0 saturated heterocycles. The molecule has 9 nitrogen and oxygen atoms in total. The van der Waals surface area contributed by atoms with Crippen molar-refractivity contribution in [2.24, 2.45) is 0 Å². The van der Waals surface area contributed by atoms with Crippen molar-refractivity contribution in [3.63, 3.8) is 0 Å². The number of carbonyl (C=O) groups is 2. The highest BCUT2D eigenvalue weighted by molar-refractivity contribution is 7.47. The summed E-state index contributed by atoms with van der Waals surface area (Å²) in [6.07, 6.45) is 61.0. The highest BCUT2D eigenvalue weighted by Crippen LogP contribution is 2.43. The largest absolute Gasteiger partial charge is 0.472 e. The van der Waals surface area contributed by atoms with E-state index in [4.69, 9.17) is 13.8 Å². The number of unbranched alkanes of at least 4 members (excludes halogenated alkanes) is 31. The molecule has 0 rings (SSSR count). The van der Waals surface area contributed by atoms with E-state index in [1.54, 1.807) is 0 Å². The predicted octanol–water partition coefficient (Wildman–Crippen LogP) is 17.7. The lowest BCUT2D eigenvalue weighted by Crippen LogP contribution is -2.47. The maximum Gasteiger partial charge on any atom is 0.472 e. The number of ether oxygens (including phenoxy) is 1. The van der Waals surface area contributed by atoms with Gasteiger partial charge in [-0.2, -0.15) is 0 Å². The number of phosphoric acid groups is 1.